The SMILES string of the molecule is CCC[CH]N1C(=O)CCC(c2ccccc2)C1=O. The molecule has 1 heterocycles. The molecule has 1 aliphatic rings. The lowest BCUT2D eigenvalue weighted by atomic mass is 9.89. The number of unbranched alkanes of at least 4 members (excludes halogenated alkanes) is 1. The van der Waals surface area contributed by atoms with Gasteiger partial charge in [0.2, 0.25) is 11.8 Å². The fourth-order valence-electron chi connectivity index (χ4n) is 2.25. The molecule has 1 aromatic carbocycles. The number of nitrogens with zero attached hydrogens (tertiary/aromatic N) is 1. The fourth-order valence-corrected chi connectivity index (χ4v) is 2.25. The summed E-state index contributed by atoms with van der Waals surface area (Å²) in [5, 5.41) is 0. The lowest BCUT2D eigenvalue weighted by Gasteiger charge is -2.30. The first kappa shape index (κ1) is 12.8. The highest BCUT2D eigenvalue weighted by Gasteiger charge is 2.34. The van der Waals surface area contributed by atoms with Gasteiger partial charge in [-0.3, -0.25) is 14.5 Å². The van der Waals surface area contributed by atoms with Gasteiger partial charge in [0.25, 0.3) is 0 Å². The van der Waals surface area contributed by atoms with Gasteiger partial charge in [-0.1, -0.05) is 43.7 Å². The molecule has 1 radical (unpaired) electrons. The molecule has 0 N–H and O–H groups in total. The molecule has 0 bridgehead atoms. The summed E-state index contributed by atoms with van der Waals surface area (Å²) in [5.41, 5.74) is 1.00. The van der Waals surface area contributed by atoms with Gasteiger partial charge in [-0.2, -0.15) is 0 Å². The van der Waals surface area contributed by atoms with Gasteiger partial charge in [0.05, 0.1) is 12.5 Å². The van der Waals surface area contributed by atoms with Crippen molar-refractivity contribution in [3.63, 3.8) is 0 Å². The maximum atomic E-state index is 12.3. The predicted molar refractivity (Wildman–Crippen MR) is 69.5 cm³/mol. The Kier molecular flexibility index (Phi) is 4.13. The molecule has 0 aliphatic carbocycles. The first-order valence-corrected chi connectivity index (χ1v) is 6.48. The molecule has 1 fully saturated rings. The first-order chi connectivity index (χ1) is 8.74. The monoisotopic (exact) mass is 244 g/mol. The number of amides is 2. The molecule has 0 saturated carbocycles. The number of piperidine rings is 1. The van der Waals surface area contributed by atoms with E-state index in [0.717, 1.165) is 18.4 Å². The number of rotatable bonds is 4. The van der Waals surface area contributed by atoms with E-state index in [9.17, 15) is 9.59 Å². The molecule has 1 saturated heterocycles. The topological polar surface area (TPSA) is 37.4 Å². The van der Waals surface area contributed by atoms with Crippen LogP contribution in [-0.4, -0.2) is 16.7 Å². The van der Waals surface area contributed by atoms with Gasteiger partial charge in [0, 0.05) is 6.42 Å². The maximum Gasteiger partial charge on any atom is 0.237 e. The van der Waals surface area contributed by atoms with Crippen molar-refractivity contribution in [2.45, 2.75) is 38.5 Å². The van der Waals surface area contributed by atoms with Crippen molar-refractivity contribution in [1.82, 2.24) is 4.90 Å². The van der Waals surface area contributed by atoms with Crippen molar-refractivity contribution >= 4 is 11.8 Å². The van der Waals surface area contributed by atoms with E-state index in [0.29, 0.717) is 12.8 Å². The standard InChI is InChI=1S/C15H18NO2/c1-2-3-11-16-14(17)10-9-13(15(16)18)12-7-5-4-6-8-12/h4-8,11,13H,2-3,9-10H2,1H3. The highest BCUT2D eigenvalue weighted by molar-refractivity contribution is 6.01. The van der Waals surface area contributed by atoms with Crippen molar-refractivity contribution in [3.8, 4) is 0 Å². The van der Waals surface area contributed by atoms with Crippen LogP contribution in [-0.2, 0) is 9.59 Å². The summed E-state index contributed by atoms with van der Waals surface area (Å²) < 4.78 is 0. The van der Waals surface area contributed by atoms with Gasteiger partial charge >= 0.3 is 0 Å². The molecule has 2 amide bonds. The molecule has 0 spiro atoms. The van der Waals surface area contributed by atoms with Crippen LogP contribution in [0.5, 0.6) is 0 Å². The molecular weight excluding hydrogens is 226 g/mol. The third kappa shape index (κ3) is 2.61. The summed E-state index contributed by atoms with van der Waals surface area (Å²) in [5.74, 6) is -0.316. The van der Waals surface area contributed by atoms with Gasteiger partial charge in [-0.25, -0.2) is 0 Å². The molecule has 1 aromatic rings. The van der Waals surface area contributed by atoms with Gasteiger partial charge in [-0.05, 0) is 18.4 Å². The zero-order valence-electron chi connectivity index (χ0n) is 10.6. The molecule has 1 atom stereocenters. The molecule has 0 aromatic heterocycles. The lowest BCUT2D eigenvalue weighted by Crippen LogP contribution is -2.42. The summed E-state index contributed by atoms with van der Waals surface area (Å²) in [7, 11) is 0. The second kappa shape index (κ2) is 5.80. The van der Waals surface area contributed by atoms with E-state index < -0.39 is 0 Å². The molecule has 2 rings (SSSR count). The highest BCUT2D eigenvalue weighted by Crippen LogP contribution is 2.29. The number of hydrogen-bond acceptors (Lipinski definition) is 2. The zero-order valence-corrected chi connectivity index (χ0v) is 10.6. The van der Waals surface area contributed by atoms with E-state index in [1.807, 2.05) is 37.3 Å². The van der Waals surface area contributed by atoms with Crippen molar-refractivity contribution < 1.29 is 9.59 Å². The van der Waals surface area contributed by atoms with Crippen molar-refractivity contribution in [1.29, 1.82) is 0 Å². The van der Waals surface area contributed by atoms with Crippen LogP contribution in [0.2, 0.25) is 0 Å². The van der Waals surface area contributed by atoms with Crippen LogP contribution in [0.15, 0.2) is 30.3 Å². The predicted octanol–water partition coefficient (Wildman–Crippen LogP) is 2.88. The Balaban J connectivity index is 2.14. The van der Waals surface area contributed by atoms with Crippen LogP contribution >= 0.6 is 0 Å². The van der Waals surface area contributed by atoms with E-state index >= 15 is 0 Å². The van der Waals surface area contributed by atoms with Crippen molar-refractivity contribution in [2.24, 2.45) is 0 Å². The number of carbonyl (C=O) groups excluding carboxylic acids is 2. The number of likely N-dealkylation sites (tertiary alicyclic amines) is 1. The van der Waals surface area contributed by atoms with Crippen molar-refractivity contribution in [2.75, 3.05) is 0 Å². The molecule has 3 nitrogen and oxygen atoms in total. The van der Waals surface area contributed by atoms with Crippen LogP contribution in [0.1, 0.15) is 44.1 Å². The number of hydrogen-bond donors (Lipinski definition) is 0. The van der Waals surface area contributed by atoms with Crippen LogP contribution < -0.4 is 0 Å². The third-order valence-corrected chi connectivity index (χ3v) is 3.25. The van der Waals surface area contributed by atoms with Crippen LogP contribution in [0.25, 0.3) is 0 Å². The minimum Gasteiger partial charge on any atom is -0.277 e. The molecule has 3 heteroatoms. The Hall–Kier alpha value is -1.64. The van der Waals surface area contributed by atoms with Gasteiger partial charge in [0.15, 0.2) is 0 Å². The maximum absolute atomic E-state index is 12.3. The number of imide groups is 1. The van der Waals surface area contributed by atoms with E-state index in [-0.39, 0.29) is 17.7 Å². The van der Waals surface area contributed by atoms with E-state index in [1.165, 1.54) is 4.90 Å². The van der Waals surface area contributed by atoms with Gasteiger partial charge < -0.3 is 0 Å². The molecular formula is C15H18NO2. The average molecular weight is 244 g/mol. The molecule has 18 heavy (non-hydrogen) atoms. The molecule has 1 aliphatic heterocycles. The van der Waals surface area contributed by atoms with Gasteiger partial charge in [0.1, 0.15) is 0 Å². The van der Waals surface area contributed by atoms with E-state index in [1.54, 1.807) is 6.54 Å². The first-order valence-electron chi connectivity index (χ1n) is 6.48. The average Bonchev–Trinajstić information content (AvgIpc) is 2.40. The molecule has 95 valence electrons. The van der Waals surface area contributed by atoms with Crippen LogP contribution in [0, 0.1) is 6.54 Å². The number of benzene rings is 1. The Morgan fingerprint density at radius 3 is 2.67 bits per heavy atom. The summed E-state index contributed by atoms with van der Waals surface area (Å²) >= 11 is 0. The smallest absolute Gasteiger partial charge is 0.237 e. The zero-order chi connectivity index (χ0) is 13.0. The van der Waals surface area contributed by atoms with Crippen molar-refractivity contribution in [3.05, 3.63) is 42.4 Å². The second-order valence-electron chi connectivity index (χ2n) is 4.58. The van der Waals surface area contributed by atoms with Crippen LogP contribution in [0.4, 0.5) is 0 Å². The summed E-state index contributed by atoms with van der Waals surface area (Å²) in [6.45, 7) is 3.77. The Morgan fingerprint density at radius 2 is 2.00 bits per heavy atom. The summed E-state index contributed by atoms with van der Waals surface area (Å²) in [4.78, 5) is 25.4. The second-order valence-corrected chi connectivity index (χ2v) is 4.58. The Labute approximate surface area is 108 Å². The van der Waals surface area contributed by atoms with Gasteiger partial charge in [-0.15, -0.1) is 0 Å². The number of carbonyl (C=O) groups is 2. The van der Waals surface area contributed by atoms with E-state index in [4.69, 9.17) is 0 Å². The van der Waals surface area contributed by atoms with E-state index in [2.05, 4.69) is 0 Å². The minimum absolute atomic E-state index is 0.0689. The lowest BCUT2D eigenvalue weighted by molar-refractivity contribution is -0.147. The largest absolute Gasteiger partial charge is 0.277 e. The quantitative estimate of drug-likeness (QED) is 0.764. The summed E-state index contributed by atoms with van der Waals surface area (Å²) in [6.07, 6.45) is 2.77. The van der Waals surface area contributed by atoms with Crippen LogP contribution in [0.3, 0.4) is 0 Å². The fraction of sp³-hybridized carbons (Fsp3) is 0.400. The Bertz CT molecular complexity index is 427. The highest BCUT2D eigenvalue weighted by atomic mass is 16.2. The minimum atomic E-state index is -0.169. The normalized spacial score (nSPS) is 20.3. The Morgan fingerprint density at radius 1 is 1.28 bits per heavy atom. The third-order valence-electron chi connectivity index (χ3n) is 3.25. The summed E-state index contributed by atoms with van der Waals surface area (Å²) in [6, 6.07) is 9.70. The molecule has 1 unspecified atom stereocenters.